The Morgan fingerprint density at radius 2 is 1.58 bits per heavy atom. The van der Waals surface area contributed by atoms with Crippen LogP contribution in [0.15, 0.2) is 48.5 Å². The number of carbonyl (C=O) groups is 1. The number of hydrogen-bond donors (Lipinski definition) is 0. The van der Waals surface area contributed by atoms with Gasteiger partial charge in [-0.3, -0.25) is 9.10 Å². The van der Waals surface area contributed by atoms with Crippen LogP contribution in [0, 0.1) is 0 Å². The molecule has 7 heteroatoms. The molecule has 5 nitrogen and oxygen atoms in total. The zero-order valence-corrected chi connectivity index (χ0v) is 16.7. The predicted molar refractivity (Wildman–Crippen MR) is 106 cm³/mol. The Balaban J connectivity index is 2.33. The van der Waals surface area contributed by atoms with E-state index < -0.39 is 10.0 Å². The molecule has 0 aromatic heterocycles. The minimum Gasteiger partial charge on any atom is -0.339 e. The fourth-order valence-corrected chi connectivity index (χ4v) is 3.72. The van der Waals surface area contributed by atoms with Gasteiger partial charge in [0, 0.05) is 23.7 Å². The number of rotatable bonds is 7. The van der Waals surface area contributed by atoms with Gasteiger partial charge in [0.1, 0.15) is 0 Å². The average Bonchev–Trinajstić information content (AvgIpc) is 2.61. The minimum absolute atomic E-state index is 0.0708. The number of benzene rings is 2. The molecule has 0 heterocycles. The Bertz CT molecular complexity index is 863. The molecule has 0 saturated carbocycles. The Morgan fingerprint density at radius 3 is 2.08 bits per heavy atom. The van der Waals surface area contributed by atoms with E-state index in [9.17, 15) is 13.2 Å². The van der Waals surface area contributed by atoms with Crippen LogP contribution in [0.25, 0.3) is 0 Å². The molecular weight excluding hydrogens is 372 g/mol. The zero-order valence-electron chi connectivity index (χ0n) is 15.1. The van der Waals surface area contributed by atoms with Gasteiger partial charge in [0.25, 0.3) is 5.91 Å². The first kappa shape index (κ1) is 20.3. The van der Waals surface area contributed by atoms with Crippen LogP contribution >= 0.6 is 11.6 Å². The Labute approximate surface area is 160 Å². The van der Waals surface area contributed by atoms with Crippen molar-refractivity contribution in [2.24, 2.45) is 0 Å². The van der Waals surface area contributed by atoms with Crippen LogP contribution in [0.4, 0.5) is 5.69 Å². The molecule has 0 atom stereocenters. The molecule has 140 valence electrons. The number of halogens is 1. The van der Waals surface area contributed by atoms with Crippen LogP contribution < -0.4 is 4.31 Å². The molecule has 0 spiro atoms. The molecule has 0 aliphatic rings. The summed E-state index contributed by atoms with van der Waals surface area (Å²) in [6.45, 7) is 5.22. The molecule has 2 rings (SSSR count). The van der Waals surface area contributed by atoms with Gasteiger partial charge in [0.15, 0.2) is 0 Å². The summed E-state index contributed by atoms with van der Waals surface area (Å²) in [5.41, 5.74) is 1.73. The Hall–Kier alpha value is -2.05. The standard InChI is InChI=1S/C19H23ClN2O3S/c1-4-21(5-2)19(23)15-10-12-17(13-11-15)22(26(3,24)25)14-16-8-6-7-9-18(16)20/h6-13H,4-5,14H2,1-3H3. The smallest absolute Gasteiger partial charge is 0.253 e. The summed E-state index contributed by atoms with van der Waals surface area (Å²) in [6.07, 6.45) is 1.15. The minimum atomic E-state index is -3.51. The van der Waals surface area contributed by atoms with Crippen LogP contribution in [0.5, 0.6) is 0 Å². The van der Waals surface area contributed by atoms with Crippen molar-refractivity contribution in [3.63, 3.8) is 0 Å². The molecular formula is C19H23ClN2O3S. The van der Waals surface area contributed by atoms with Gasteiger partial charge in [0.2, 0.25) is 10.0 Å². The van der Waals surface area contributed by atoms with E-state index in [1.165, 1.54) is 4.31 Å². The highest BCUT2D eigenvalue weighted by Crippen LogP contribution is 2.24. The summed E-state index contributed by atoms with van der Waals surface area (Å²) in [5, 5.41) is 0.509. The lowest BCUT2D eigenvalue weighted by Crippen LogP contribution is -2.31. The normalized spacial score (nSPS) is 11.2. The lowest BCUT2D eigenvalue weighted by Gasteiger charge is -2.24. The molecule has 0 saturated heterocycles. The fraction of sp³-hybridized carbons (Fsp3) is 0.316. The van der Waals surface area contributed by atoms with E-state index in [-0.39, 0.29) is 12.5 Å². The highest BCUT2D eigenvalue weighted by molar-refractivity contribution is 7.92. The summed E-state index contributed by atoms with van der Waals surface area (Å²) >= 11 is 6.17. The second-order valence-electron chi connectivity index (χ2n) is 5.89. The van der Waals surface area contributed by atoms with E-state index in [1.807, 2.05) is 19.9 Å². The molecule has 2 aromatic carbocycles. The van der Waals surface area contributed by atoms with Crippen LogP contribution in [-0.2, 0) is 16.6 Å². The highest BCUT2D eigenvalue weighted by Gasteiger charge is 2.20. The van der Waals surface area contributed by atoms with E-state index in [1.54, 1.807) is 47.4 Å². The molecule has 0 unspecified atom stereocenters. The maximum absolute atomic E-state index is 12.4. The van der Waals surface area contributed by atoms with Crippen molar-refractivity contribution in [2.45, 2.75) is 20.4 Å². The topological polar surface area (TPSA) is 57.7 Å². The summed E-state index contributed by atoms with van der Waals surface area (Å²) in [4.78, 5) is 14.1. The average molecular weight is 395 g/mol. The van der Waals surface area contributed by atoms with Gasteiger partial charge in [-0.25, -0.2) is 8.42 Å². The first-order chi connectivity index (χ1) is 12.3. The first-order valence-corrected chi connectivity index (χ1v) is 10.6. The van der Waals surface area contributed by atoms with Crippen LogP contribution in [0.1, 0.15) is 29.8 Å². The van der Waals surface area contributed by atoms with Crippen molar-refractivity contribution < 1.29 is 13.2 Å². The number of anilines is 1. The van der Waals surface area contributed by atoms with Crippen molar-refractivity contribution in [1.29, 1.82) is 0 Å². The van der Waals surface area contributed by atoms with Crippen molar-refractivity contribution in [3.05, 3.63) is 64.7 Å². The molecule has 0 N–H and O–H groups in total. The number of amides is 1. The van der Waals surface area contributed by atoms with Crippen LogP contribution in [0.3, 0.4) is 0 Å². The summed E-state index contributed by atoms with van der Waals surface area (Å²) in [6, 6.07) is 13.7. The van der Waals surface area contributed by atoms with E-state index in [0.717, 1.165) is 6.26 Å². The lowest BCUT2D eigenvalue weighted by atomic mass is 10.1. The van der Waals surface area contributed by atoms with E-state index in [0.29, 0.717) is 34.9 Å². The number of hydrogen-bond acceptors (Lipinski definition) is 3. The molecule has 1 amide bonds. The summed E-state index contributed by atoms with van der Waals surface area (Å²) in [7, 11) is -3.51. The quantitative estimate of drug-likeness (QED) is 0.717. The number of nitrogens with zero attached hydrogens (tertiary/aromatic N) is 2. The van der Waals surface area contributed by atoms with Crippen LogP contribution in [0.2, 0.25) is 5.02 Å². The molecule has 0 aliphatic carbocycles. The number of carbonyl (C=O) groups excluding carboxylic acids is 1. The SMILES string of the molecule is CCN(CC)C(=O)c1ccc(N(Cc2ccccc2Cl)S(C)(=O)=O)cc1. The van der Waals surface area contributed by atoms with Crippen molar-refractivity contribution >= 4 is 33.2 Å². The van der Waals surface area contributed by atoms with Gasteiger partial charge in [-0.15, -0.1) is 0 Å². The molecule has 0 aliphatic heterocycles. The maximum Gasteiger partial charge on any atom is 0.253 e. The second-order valence-corrected chi connectivity index (χ2v) is 8.20. The van der Waals surface area contributed by atoms with Gasteiger partial charge < -0.3 is 4.90 Å². The molecule has 2 aromatic rings. The van der Waals surface area contributed by atoms with Crippen LogP contribution in [-0.4, -0.2) is 38.6 Å². The monoisotopic (exact) mass is 394 g/mol. The third-order valence-electron chi connectivity index (χ3n) is 4.13. The third-order valence-corrected chi connectivity index (χ3v) is 5.63. The van der Waals surface area contributed by atoms with Gasteiger partial charge in [-0.1, -0.05) is 29.8 Å². The summed E-state index contributed by atoms with van der Waals surface area (Å²) in [5.74, 6) is -0.0708. The summed E-state index contributed by atoms with van der Waals surface area (Å²) < 4.78 is 25.8. The van der Waals surface area contributed by atoms with E-state index >= 15 is 0 Å². The fourth-order valence-electron chi connectivity index (χ4n) is 2.65. The van der Waals surface area contributed by atoms with Gasteiger partial charge in [0.05, 0.1) is 18.5 Å². The van der Waals surface area contributed by atoms with Crippen molar-refractivity contribution in [2.75, 3.05) is 23.7 Å². The predicted octanol–water partition coefficient (Wildman–Crippen LogP) is 3.79. The third kappa shape index (κ3) is 4.77. The van der Waals surface area contributed by atoms with Gasteiger partial charge in [-0.05, 0) is 49.7 Å². The molecule has 0 fully saturated rings. The van der Waals surface area contributed by atoms with Crippen molar-refractivity contribution in [1.82, 2.24) is 4.90 Å². The molecule has 0 radical (unpaired) electrons. The van der Waals surface area contributed by atoms with Crippen molar-refractivity contribution in [3.8, 4) is 0 Å². The van der Waals surface area contributed by atoms with Gasteiger partial charge in [-0.2, -0.15) is 0 Å². The maximum atomic E-state index is 12.4. The number of sulfonamides is 1. The molecule has 0 bridgehead atoms. The van der Waals surface area contributed by atoms with E-state index in [4.69, 9.17) is 11.6 Å². The lowest BCUT2D eigenvalue weighted by molar-refractivity contribution is 0.0773. The Kier molecular flexibility index (Phi) is 6.67. The second kappa shape index (κ2) is 8.56. The Morgan fingerprint density at radius 1 is 1.00 bits per heavy atom. The molecule has 26 heavy (non-hydrogen) atoms. The first-order valence-electron chi connectivity index (χ1n) is 8.38. The largest absolute Gasteiger partial charge is 0.339 e. The van der Waals surface area contributed by atoms with E-state index in [2.05, 4.69) is 0 Å². The highest BCUT2D eigenvalue weighted by atomic mass is 35.5. The van der Waals surface area contributed by atoms with Gasteiger partial charge >= 0.3 is 0 Å². The zero-order chi connectivity index (χ0) is 19.3.